The molecule has 4 heterocycles. The van der Waals surface area contributed by atoms with Gasteiger partial charge in [-0.1, -0.05) is 6.07 Å². The number of aromatic nitrogens is 1. The van der Waals surface area contributed by atoms with Crippen LogP contribution in [0.4, 0.5) is 0 Å². The van der Waals surface area contributed by atoms with Crippen LogP contribution in [0, 0.1) is 12.3 Å². The Kier molecular flexibility index (Phi) is 4.93. The minimum atomic E-state index is 0.0368. The Morgan fingerprint density at radius 3 is 2.63 bits per heavy atom. The highest BCUT2D eigenvalue weighted by molar-refractivity contribution is 5.92. The maximum absolute atomic E-state index is 12.8. The molecule has 0 bridgehead atoms. The largest absolute Gasteiger partial charge is 0.338 e. The summed E-state index contributed by atoms with van der Waals surface area (Å²) in [6.45, 7) is 6.38. The SMILES string of the molecule is Cc1cccc(C(=O)N2CCC3(CCC(=O)N([C@@H]4CCN(C)C4)C3)CC2)n1. The van der Waals surface area contributed by atoms with Gasteiger partial charge < -0.3 is 14.7 Å². The van der Waals surface area contributed by atoms with Crippen molar-refractivity contribution in [1.29, 1.82) is 0 Å². The zero-order valence-electron chi connectivity index (χ0n) is 16.5. The van der Waals surface area contributed by atoms with Crippen LogP contribution < -0.4 is 0 Å². The van der Waals surface area contributed by atoms with E-state index in [9.17, 15) is 9.59 Å². The number of aryl methyl sites for hydroxylation is 1. The van der Waals surface area contributed by atoms with Crippen molar-refractivity contribution < 1.29 is 9.59 Å². The van der Waals surface area contributed by atoms with Gasteiger partial charge in [-0.2, -0.15) is 0 Å². The lowest BCUT2D eigenvalue weighted by Crippen LogP contribution is -2.55. The molecule has 0 N–H and O–H groups in total. The van der Waals surface area contributed by atoms with Gasteiger partial charge in [0.2, 0.25) is 5.91 Å². The van der Waals surface area contributed by atoms with Gasteiger partial charge in [0.25, 0.3) is 5.91 Å². The van der Waals surface area contributed by atoms with Crippen molar-refractivity contribution >= 4 is 11.8 Å². The fraction of sp³-hybridized carbons (Fsp3) is 0.667. The molecule has 4 rings (SSSR count). The highest BCUT2D eigenvalue weighted by Gasteiger charge is 2.44. The van der Waals surface area contributed by atoms with Crippen molar-refractivity contribution in [3.05, 3.63) is 29.6 Å². The van der Waals surface area contributed by atoms with Gasteiger partial charge in [0, 0.05) is 44.3 Å². The molecule has 3 aliphatic rings. The zero-order chi connectivity index (χ0) is 19.0. The van der Waals surface area contributed by atoms with Crippen molar-refractivity contribution in [2.24, 2.45) is 5.41 Å². The first-order chi connectivity index (χ1) is 13.0. The van der Waals surface area contributed by atoms with Gasteiger partial charge in [0.1, 0.15) is 5.69 Å². The van der Waals surface area contributed by atoms with Crippen molar-refractivity contribution in [1.82, 2.24) is 19.7 Å². The maximum atomic E-state index is 12.8. The third-order valence-electron chi connectivity index (χ3n) is 6.72. The average Bonchev–Trinajstić information content (AvgIpc) is 3.10. The minimum Gasteiger partial charge on any atom is -0.338 e. The van der Waals surface area contributed by atoms with Gasteiger partial charge in [0.05, 0.1) is 0 Å². The molecule has 1 atom stereocenters. The van der Waals surface area contributed by atoms with Crippen LogP contribution in [0.15, 0.2) is 18.2 Å². The maximum Gasteiger partial charge on any atom is 0.272 e. The van der Waals surface area contributed by atoms with Crippen LogP contribution in [-0.4, -0.2) is 77.3 Å². The fourth-order valence-corrected chi connectivity index (χ4v) is 4.96. The molecule has 6 heteroatoms. The molecular formula is C21H30N4O2. The lowest BCUT2D eigenvalue weighted by atomic mass is 9.72. The average molecular weight is 370 g/mol. The molecule has 1 aromatic heterocycles. The number of pyridine rings is 1. The van der Waals surface area contributed by atoms with Gasteiger partial charge in [0.15, 0.2) is 0 Å². The van der Waals surface area contributed by atoms with Gasteiger partial charge in [-0.3, -0.25) is 9.59 Å². The molecule has 146 valence electrons. The van der Waals surface area contributed by atoms with E-state index in [1.165, 1.54) is 0 Å². The predicted molar refractivity (Wildman–Crippen MR) is 103 cm³/mol. The quantitative estimate of drug-likeness (QED) is 0.798. The molecule has 3 aliphatic heterocycles. The van der Waals surface area contributed by atoms with Crippen LogP contribution in [-0.2, 0) is 4.79 Å². The zero-order valence-corrected chi connectivity index (χ0v) is 16.5. The molecule has 1 spiro atoms. The van der Waals surface area contributed by atoms with E-state index in [1.54, 1.807) is 6.07 Å². The van der Waals surface area contributed by atoms with Crippen molar-refractivity contribution in [2.75, 3.05) is 39.8 Å². The number of hydrogen-bond acceptors (Lipinski definition) is 4. The second-order valence-corrected chi connectivity index (χ2v) is 8.68. The number of nitrogens with zero attached hydrogens (tertiary/aromatic N) is 4. The molecule has 0 aliphatic carbocycles. The smallest absolute Gasteiger partial charge is 0.272 e. The van der Waals surface area contributed by atoms with Gasteiger partial charge in [-0.25, -0.2) is 4.98 Å². The van der Waals surface area contributed by atoms with E-state index in [-0.39, 0.29) is 11.3 Å². The molecule has 1 aromatic rings. The Morgan fingerprint density at radius 1 is 1.19 bits per heavy atom. The van der Waals surface area contributed by atoms with Crippen LogP contribution in [0.25, 0.3) is 0 Å². The highest BCUT2D eigenvalue weighted by atomic mass is 16.2. The third-order valence-corrected chi connectivity index (χ3v) is 6.72. The molecule has 27 heavy (non-hydrogen) atoms. The van der Waals surface area contributed by atoms with E-state index in [0.717, 1.165) is 64.1 Å². The predicted octanol–water partition coefficient (Wildman–Crippen LogP) is 1.94. The number of hydrogen-bond donors (Lipinski definition) is 0. The first-order valence-corrected chi connectivity index (χ1v) is 10.2. The molecule has 0 saturated carbocycles. The summed E-state index contributed by atoms with van der Waals surface area (Å²) >= 11 is 0. The topological polar surface area (TPSA) is 56.8 Å². The van der Waals surface area contributed by atoms with Crippen LogP contribution >= 0.6 is 0 Å². The summed E-state index contributed by atoms with van der Waals surface area (Å²) in [5.41, 5.74) is 1.60. The van der Waals surface area contributed by atoms with Gasteiger partial charge >= 0.3 is 0 Å². The third kappa shape index (κ3) is 3.72. The number of carbonyl (C=O) groups excluding carboxylic acids is 2. The summed E-state index contributed by atoms with van der Waals surface area (Å²) < 4.78 is 0. The number of rotatable bonds is 2. The molecule has 3 saturated heterocycles. The fourth-order valence-electron chi connectivity index (χ4n) is 4.96. The van der Waals surface area contributed by atoms with E-state index in [4.69, 9.17) is 0 Å². The number of piperidine rings is 2. The summed E-state index contributed by atoms with van der Waals surface area (Å²) in [7, 11) is 2.13. The molecule has 0 radical (unpaired) electrons. The van der Waals surface area contributed by atoms with Crippen LogP contribution in [0.2, 0.25) is 0 Å². The number of likely N-dealkylation sites (N-methyl/N-ethyl adjacent to an activating group) is 1. The normalized spacial score (nSPS) is 26.0. The van der Waals surface area contributed by atoms with Gasteiger partial charge in [-0.15, -0.1) is 0 Å². The summed E-state index contributed by atoms with van der Waals surface area (Å²) in [6.07, 6.45) is 4.68. The van der Waals surface area contributed by atoms with Crippen molar-refractivity contribution in [3.8, 4) is 0 Å². The van der Waals surface area contributed by atoms with Crippen molar-refractivity contribution in [3.63, 3.8) is 0 Å². The van der Waals surface area contributed by atoms with E-state index in [1.807, 2.05) is 24.0 Å². The second kappa shape index (κ2) is 7.23. The lowest BCUT2D eigenvalue weighted by Gasteiger charge is -2.48. The number of likely N-dealkylation sites (tertiary alicyclic amines) is 3. The number of amides is 2. The van der Waals surface area contributed by atoms with Gasteiger partial charge in [-0.05, 0) is 63.7 Å². The van der Waals surface area contributed by atoms with Crippen LogP contribution in [0.5, 0.6) is 0 Å². The molecule has 2 amide bonds. The molecular weight excluding hydrogens is 340 g/mol. The highest BCUT2D eigenvalue weighted by Crippen LogP contribution is 2.41. The van der Waals surface area contributed by atoms with E-state index < -0.39 is 0 Å². The Hall–Kier alpha value is -1.95. The van der Waals surface area contributed by atoms with Crippen molar-refractivity contribution in [2.45, 2.75) is 45.1 Å². The number of carbonyl (C=O) groups is 2. The molecule has 0 unspecified atom stereocenters. The first-order valence-electron chi connectivity index (χ1n) is 10.2. The minimum absolute atomic E-state index is 0.0368. The molecule has 6 nitrogen and oxygen atoms in total. The second-order valence-electron chi connectivity index (χ2n) is 8.68. The monoisotopic (exact) mass is 370 g/mol. The molecule has 0 aromatic carbocycles. The summed E-state index contributed by atoms with van der Waals surface area (Å²) in [5.74, 6) is 0.359. The Morgan fingerprint density at radius 2 is 1.96 bits per heavy atom. The van der Waals surface area contributed by atoms with E-state index >= 15 is 0 Å². The van der Waals surface area contributed by atoms with Crippen LogP contribution in [0.3, 0.4) is 0 Å². The van der Waals surface area contributed by atoms with E-state index in [0.29, 0.717) is 24.1 Å². The molecule has 3 fully saturated rings. The van der Waals surface area contributed by atoms with E-state index in [2.05, 4.69) is 21.8 Å². The summed E-state index contributed by atoms with van der Waals surface area (Å²) in [6, 6.07) is 5.98. The van der Waals surface area contributed by atoms with Crippen LogP contribution in [0.1, 0.15) is 48.3 Å². The Balaban J connectivity index is 1.40. The standard InChI is InChI=1S/C21H30N4O2/c1-16-4-3-5-18(22-16)20(27)24-12-9-21(10-13-24)8-6-19(26)25(15-21)17-7-11-23(2)14-17/h3-5,17H,6-15H2,1-2H3/t17-/m1/s1. The lowest BCUT2D eigenvalue weighted by molar-refractivity contribution is -0.141. The summed E-state index contributed by atoms with van der Waals surface area (Å²) in [5, 5.41) is 0. The Labute approximate surface area is 161 Å². The Bertz CT molecular complexity index is 727. The first kappa shape index (κ1) is 18.4. The summed E-state index contributed by atoms with van der Waals surface area (Å²) in [4.78, 5) is 36.1.